The molecule has 396 valence electrons. The standard InChI is InChI=1S/C75H78BN3/c1-69(2)38-40-71(5,6)58-44-49(30-33-54(58)69)77(50-31-34-55-59(45-50)72(7,8)41-39-70(55,3)4)51-32-35-60-63(46-51)78(62-29-21-26-56-66(62)52-24-16-17-25-53(52)73(56,9)10)64-42-48(47-22-14-13-15-23-47)43-65-67(64)76(60)61-28-20-27-57-68(61)79(65)75(12)37-19-18-36-74(57,75)11/h13-17,20-35,42-46H,18-19,36-41H2,1-12H3. The molecule has 3 heterocycles. The lowest BCUT2D eigenvalue weighted by atomic mass is 9.33. The van der Waals surface area contributed by atoms with E-state index in [0.717, 1.165) is 0 Å². The third kappa shape index (κ3) is 6.61. The van der Waals surface area contributed by atoms with Crippen molar-refractivity contribution < 1.29 is 0 Å². The lowest BCUT2D eigenvalue weighted by Gasteiger charge is -2.53. The molecule has 8 aromatic rings. The molecule has 3 aliphatic heterocycles. The highest BCUT2D eigenvalue weighted by Crippen LogP contribution is 2.63. The van der Waals surface area contributed by atoms with Crippen LogP contribution in [-0.4, -0.2) is 12.3 Å². The van der Waals surface area contributed by atoms with Crippen molar-refractivity contribution in [1.29, 1.82) is 0 Å². The van der Waals surface area contributed by atoms with Crippen LogP contribution in [0.25, 0.3) is 22.3 Å². The van der Waals surface area contributed by atoms with Crippen LogP contribution in [0.2, 0.25) is 0 Å². The average Bonchev–Trinajstić information content (AvgIpc) is 2.50. The zero-order valence-corrected chi connectivity index (χ0v) is 49.1. The summed E-state index contributed by atoms with van der Waals surface area (Å²) in [5.41, 5.74) is 30.0. The first-order valence-corrected chi connectivity index (χ1v) is 30.1. The molecular weight excluding hydrogens is 954 g/mol. The van der Waals surface area contributed by atoms with Gasteiger partial charge in [0.2, 0.25) is 0 Å². The summed E-state index contributed by atoms with van der Waals surface area (Å²) in [5, 5.41) is 0. The molecule has 0 aromatic heterocycles. The maximum atomic E-state index is 2.89. The average molecular weight is 1030 g/mol. The van der Waals surface area contributed by atoms with Crippen molar-refractivity contribution in [2.75, 3.05) is 14.7 Å². The van der Waals surface area contributed by atoms with Gasteiger partial charge in [0, 0.05) is 56.2 Å². The highest BCUT2D eigenvalue weighted by molar-refractivity contribution is 7.00. The summed E-state index contributed by atoms with van der Waals surface area (Å²) in [4.78, 5) is 8.28. The van der Waals surface area contributed by atoms with Crippen LogP contribution in [0.3, 0.4) is 0 Å². The van der Waals surface area contributed by atoms with Crippen molar-refractivity contribution in [2.24, 2.45) is 0 Å². The van der Waals surface area contributed by atoms with Crippen molar-refractivity contribution in [3.8, 4) is 22.3 Å². The number of benzene rings is 8. The smallest absolute Gasteiger partial charge is 0.252 e. The first-order valence-electron chi connectivity index (χ1n) is 30.1. The van der Waals surface area contributed by atoms with Gasteiger partial charge in [-0.1, -0.05) is 192 Å². The van der Waals surface area contributed by atoms with E-state index in [4.69, 9.17) is 0 Å². The van der Waals surface area contributed by atoms with Gasteiger partial charge < -0.3 is 14.7 Å². The Balaban J connectivity index is 1.05. The Morgan fingerprint density at radius 2 is 0.949 bits per heavy atom. The van der Waals surface area contributed by atoms with E-state index in [9.17, 15) is 0 Å². The number of rotatable bonds is 5. The second kappa shape index (κ2) is 16.2. The Bertz CT molecular complexity index is 3830. The van der Waals surface area contributed by atoms with Crippen molar-refractivity contribution in [1.82, 2.24) is 0 Å². The second-order valence-electron chi connectivity index (χ2n) is 28.9. The van der Waals surface area contributed by atoms with Gasteiger partial charge in [0.1, 0.15) is 0 Å². The van der Waals surface area contributed by atoms with E-state index < -0.39 is 0 Å². The third-order valence-corrected chi connectivity index (χ3v) is 22.3. The zero-order chi connectivity index (χ0) is 54.6. The van der Waals surface area contributed by atoms with Crippen LogP contribution >= 0.6 is 0 Å². The number of fused-ring (bicyclic) bond motifs is 12. The molecule has 4 heteroatoms. The van der Waals surface area contributed by atoms with Crippen LogP contribution < -0.4 is 31.1 Å². The molecule has 0 saturated heterocycles. The molecule has 2 unspecified atom stereocenters. The molecule has 1 saturated carbocycles. The maximum absolute atomic E-state index is 2.89. The van der Waals surface area contributed by atoms with Crippen LogP contribution in [0.5, 0.6) is 0 Å². The van der Waals surface area contributed by atoms with Crippen molar-refractivity contribution >= 4 is 68.6 Å². The number of nitrogens with zero attached hydrogens (tertiary/aromatic N) is 3. The van der Waals surface area contributed by atoms with E-state index in [1.165, 1.54) is 174 Å². The van der Waals surface area contributed by atoms with Crippen molar-refractivity contribution in [3.63, 3.8) is 0 Å². The largest absolute Gasteiger partial charge is 0.335 e. The summed E-state index contributed by atoms with van der Waals surface area (Å²) >= 11 is 0. The van der Waals surface area contributed by atoms with Gasteiger partial charge in [-0.25, -0.2) is 0 Å². The summed E-state index contributed by atoms with van der Waals surface area (Å²) in [7, 11) is 0. The Morgan fingerprint density at radius 3 is 1.63 bits per heavy atom. The van der Waals surface area contributed by atoms with Crippen molar-refractivity contribution in [3.05, 3.63) is 197 Å². The molecule has 0 spiro atoms. The Morgan fingerprint density at radius 1 is 0.392 bits per heavy atom. The van der Waals surface area contributed by atoms with Crippen LogP contribution in [-0.2, 0) is 32.5 Å². The molecule has 0 amide bonds. The molecule has 0 N–H and O–H groups in total. The predicted octanol–water partition coefficient (Wildman–Crippen LogP) is 18.2. The van der Waals surface area contributed by atoms with Gasteiger partial charge >= 0.3 is 0 Å². The van der Waals surface area contributed by atoms with Crippen LogP contribution in [0.15, 0.2) is 158 Å². The first kappa shape index (κ1) is 49.3. The van der Waals surface area contributed by atoms with Gasteiger partial charge in [-0.3, -0.25) is 0 Å². The van der Waals surface area contributed by atoms with Gasteiger partial charge in [-0.05, 0) is 194 Å². The van der Waals surface area contributed by atoms with Gasteiger partial charge in [0.15, 0.2) is 0 Å². The molecule has 79 heavy (non-hydrogen) atoms. The highest BCUT2D eigenvalue weighted by Gasteiger charge is 2.61. The fraction of sp³-hybridized carbons (Fsp3) is 0.360. The molecule has 8 aromatic carbocycles. The predicted molar refractivity (Wildman–Crippen MR) is 337 cm³/mol. The summed E-state index contributed by atoms with van der Waals surface area (Å²) in [6, 6.07) is 63.0. The Hall–Kier alpha value is -6.78. The number of anilines is 8. The minimum absolute atomic E-state index is 0.0133. The maximum Gasteiger partial charge on any atom is 0.252 e. The lowest BCUT2D eigenvalue weighted by molar-refractivity contribution is 0.195. The summed E-state index contributed by atoms with van der Waals surface area (Å²) < 4.78 is 0. The minimum Gasteiger partial charge on any atom is -0.335 e. The van der Waals surface area contributed by atoms with E-state index in [-0.39, 0.29) is 44.7 Å². The van der Waals surface area contributed by atoms with E-state index in [2.05, 4.69) is 256 Å². The minimum atomic E-state index is -0.165. The number of para-hydroxylation sites is 1. The van der Waals surface area contributed by atoms with Crippen molar-refractivity contribution in [2.45, 2.75) is 172 Å². The summed E-state index contributed by atoms with van der Waals surface area (Å²) in [6.45, 7) is 29.8. The second-order valence-corrected chi connectivity index (χ2v) is 28.9. The molecule has 2 atom stereocenters. The summed E-state index contributed by atoms with van der Waals surface area (Å²) in [6.07, 6.45) is 9.59. The van der Waals surface area contributed by atoms with Gasteiger partial charge in [-0.2, -0.15) is 0 Å². The first-order chi connectivity index (χ1) is 37.6. The molecular formula is C75H78BN3. The molecule has 0 bridgehead atoms. The molecule has 7 aliphatic rings. The molecule has 0 radical (unpaired) electrons. The zero-order valence-electron chi connectivity index (χ0n) is 49.1. The third-order valence-electron chi connectivity index (χ3n) is 22.3. The Labute approximate surface area is 472 Å². The van der Waals surface area contributed by atoms with Gasteiger partial charge in [0.25, 0.3) is 6.71 Å². The molecule has 15 rings (SSSR count). The molecule has 4 aliphatic carbocycles. The highest BCUT2D eigenvalue weighted by atomic mass is 15.3. The molecule has 1 fully saturated rings. The Kier molecular flexibility index (Phi) is 10.1. The fourth-order valence-electron chi connectivity index (χ4n) is 17.3. The van der Waals surface area contributed by atoms with Crippen LogP contribution in [0.1, 0.15) is 173 Å². The van der Waals surface area contributed by atoms with Gasteiger partial charge in [0.05, 0.1) is 11.2 Å². The van der Waals surface area contributed by atoms with Crippen LogP contribution in [0, 0.1) is 0 Å². The van der Waals surface area contributed by atoms with Crippen LogP contribution in [0.4, 0.5) is 45.5 Å². The lowest BCUT2D eigenvalue weighted by Crippen LogP contribution is -2.64. The normalized spacial score (nSPS) is 23.1. The number of hydrogen-bond acceptors (Lipinski definition) is 3. The quantitative estimate of drug-likeness (QED) is 0.159. The topological polar surface area (TPSA) is 9.72 Å². The summed E-state index contributed by atoms with van der Waals surface area (Å²) in [5.74, 6) is 0. The molecule has 3 nitrogen and oxygen atoms in total. The van der Waals surface area contributed by atoms with E-state index in [1.807, 2.05) is 0 Å². The van der Waals surface area contributed by atoms with E-state index in [1.54, 1.807) is 0 Å². The SMILES string of the molecule is CC1(C)CCC(C)(C)c2cc(N(c3ccc4c(c3)N(c3cccc5c3-c3ccccc3C5(C)C)c3cc(-c5ccccc5)cc5c3B4c3cccc4c3N5C3(C)CCCCC43C)c3ccc4c(c3)C(C)(C)CCC4(C)C)ccc21. The monoisotopic (exact) mass is 1030 g/mol. The van der Waals surface area contributed by atoms with E-state index >= 15 is 0 Å². The van der Waals surface area contributed by atoms with E-state index in [0.29, 0.717) is 0 Å². The van der Waals surface area contributed by atoms with Gasteiger partial charge in [-0.15, -0.1) is 0 Å². The number of hydrogen-bond donors (Lipinski definition) is 0. The fourth-order valence-corrected chi connectivity index (χ4v) is 17.3.